The van der Waals surface area contributed by atoms with E-state index in [2.05, 4.69) is 10.5 Å². The number of carbonyl (C=O) groups is 1. The van der Waals surface area contributed by atoms with Crippen LogP contribution in [-0.2, 0) is 0 Å². The van der Waals surface area contributed by atoms with E-state index in [1.165, 1.54) is 18.3 Å². The first-order valence-corrected chi connectivity index (χ1v) is 6.46. The van der Waals surface area contributed by atoms with Crippen molar-refractivity contribution in [2.45, 2.75) is 0 Å². The summed E-state index contributed by atoms with van der Waals surface area (Å²) in [5, 5.41) is 6.87. The summed E-state index contributed by atoms with van der Waals surface area (Å²) < 4.78 is 18.4. The molecule has 0 unspecified atom stereocenters. The van der Waals surface area contributed by atoms with Gasteiger partial charge < -0.3 is 14.7 Å². The summed E-state index contributed by atoms with van der Waals surface area (Å²) in [6.07, 6.45) is 1.39. The van der Waals surface area contributed by atoms with Gasteiger partial charge in [0, 0.05) is 31.7 Å². The zero-order chi connectivity index (χ0) is 13.9. The van der Waals surface area contributed by atoms with Gasteiger partial charge in [-0.3, -0.25) is 4.79 Å². The van der Waals surface area contributed by atoms with E-state index in [1.54, 1.807) is 17.0 Å². The number of nitrogens with one attached hydrogen (secondary N) is 1. The maximum absolute atomic E-state index is 13.3. The summed E-state index contributed by atoms with van der Waals surface area (Å²) in [5.74, 6) is -0.195. The lowest BCUT2D eigenvalue weighted by molar-refractivity contribution is 0.0736. The van der Waals surface area contributed by atoms with Crippen molar-refractivity contribution in [3.8, 4) is 11.3 Å². The summed E-state index contributed by atoms with van der Waals surface area (Å²) in [6.45, 7) is 2.83. The van der Waals surface area contributed by atoms with Crippen molar-refractivity contribution >= 4 is 5.91 Å². The molecule has 1 amide bonds. The lowest BCUT2D eigenvalue weighted by atomic mass is 10.1. The molecule has 1 aliphatic heterocycles. The minimum absolute atomic E-state index is 0.132. The molecule has 1 aromatic carbocycles. The van der Waals surface area contributed by atoms with E-state index in [0.717, 1.165) is 13.1 Å². The molecule has 1 aromatic heterocycles. The highest BCUT2D eigenvalue weighted by Crippen LogP contribution is 2.25. The summed E-state index contributed by atoms with van der Waals surface area (Å²) in [6, 6.07) is 5.94. The summed E-state index contributed by atoms with van der Waals surface area (Å²) in [4.78, 5) is 14.2. The fraction of sp³-hybridized carbons (Fsp3) is 0.286. The molecule has 0 spiro atoms. The number of nitrogens with zero attached hydrogens (tertiary/aromatic N) is 2. The third kappa shape index (κ3) is 2.42. The van der Waals surface area contributed by atoms with Gasteiger partial charge in [0.05, 0.1) is 6.20 Å². The Kier molecular flexibility index (Phi) is 3.47. The van der Waals surface area contributed by atoms with Crippen LogP contribution < -0.4 is 5.32 Å². The normalized spacial score (nSPS) is 15.3. The van der Waals surface area contributed by atoms with E-state index >= 15 is 0 Å². The van der Waals surface area contributed by atoms with Crippen LogP contribution in [0.2, 0.25) is 0 Å². The van der Waals surface area contributed by atoms with Gasteiger partial charge >= 0.3 is 0 Å². The first-order valence-electron chi connectivity index (χ1n) is 6.46. The van der Waals surface area contributed by atoms with Crippen LogP contribution in [0.3, 0.4) is 0 Å². The number of halogens is 1. The molecule has 1 N–H and O–H groups in total. The van der Waals surface area contributed by atoms with Gasteiger partial charge in [0.15, 0.2) is 5.76 Å². The van der Waals surface area contributed by atoms with E-state index in [-0.39, 0.29) is 11.7 Å². The molecule has 0 bridgehead atoms. The van der Waals surface area contributed by atoms with Crippen LogP contribution in [0.1, 0.15) is 10.4 Å². The lowest BCUT2D eigenvalue weighted by Crippen LogP contribution is -2.46. The van der Waals surface area contributed by atoms with Gasteiger partial charge in [-0.25, -0.2) is 4.39 Å². The molecule has 1 aliphatic rings. The van der Waals surface area contributed by atoms with Crippen molar-refractivity contribution in [1.82, 2.24) is 15.4 Å². The van der Waals surface area contributed by atoms with Gasteiger partial charge in [0.25, 0.3) is 5.91 Å². The second-order valence-electron chi connectivity index (χ2n) is 4.62. The van der Waals surface area contributed by atoms with E-state index in [0.29, 0.717) is 30.0 Å². The van der Waals surface area contributed by atoms with Gasteiger partial charge in [-0.1, -0.05) is 17.3 Å². The molecule has 0 atom stereocenters. The molecular weight excluding hydrogens is 261 g/mol. The minimum Gasteiger partial charge on any atom is -0.355 e. The van der Waals surface area contributed by atoms with Gasteiger partial charge in [0.2, 0.25) is 0 Å². The van der Waals surface area contributed by atoms with Gasteiger partial charge in [0.1, 0.15) is 11.4 Å². The quantitative estimate of drug-likeness (QED) is 0.903. The van der Waals surface area contributed by atoms with Crippen molar-refractivity contribution in [2.75, 3.05) is 26.2 Å². The molecule has 0 saturated carbocycles. The second kappa shape index (κ2) is 5.42. The molecule has 2 aromatic rings. The predicted molar refractivity (Wildman–Crippen MR) is 70.7 cm³/mol. The second-order valence-corrected chi connectivity index (χ2v) is 4.62. The number of aromatic nitrogens is 1. The van der Waals surface area contributed by atoms with Crippen LogP contribution in [0.5, 0.6) is 0 Å². The topological polar surface area (TPSA) is 58.4 Å². The molecule has 104 valence electrons. The van der Waals surface area contributed by atoms with E-state index in [4.69, 9.17) is 4.52 Å². The van der Waals surface area contributed by atoms with Crippen molar-refractivity contribution in [3.05, 3.63) is 41.8 Å². The van der Waals surface area contributed by atoms with Crippen molar-refractivity contribution in [3.63, 3.8) is 0 Å². The molecule has 1 fully saturated rings. The molecular formula is C14H14FN3O2. The van der Waals surface area contributed by atoms with E-state index in [9.17, 15) is 9.18 Å². The fourth-order valence-corrected chi connectivity index (χ4v) is 2.27. The number of piperazine rings is 1. The maximum atomic E-state index is 13.3. The highest BCUT2D eigenvalue weighted by molar-refractivity contribution is 5.99. The van der Waals surface area contributed by atoms with Crippen LogP contribution in [0.4, 0.5) is 4.39 Å². The first kappa shape index (κ1) is 12.8. The molecule has 5 nitrogen and oxygen atoms in total. The monoisotopic (exact) mass is 275 g/mol. The van der Waals surface area contributed by atoms with Crippen molar-refractivity contribution in [1.29, 1.82) is 0 Å². The number of hydrogen-bond donors (Lipinski definition) is 1. The molecule has 1 saturated heterocycles. The average Bonchev–Trinajstić information content (AvgIpc) is 2.97. The van der Waals surface area contributed by atoms with Crippen LogP contribution in [0, 0.1) is 5.82 Å². The number of rotatable bonds is 2. The van der Waals surface area contributed by atoms with Gasteiger partial charge in [-0.2, -0.15) is 0 Å². The summed E-state index contributed by atoms with van der Waals surface area (Å²) in [7, 11) is 0. The van der Waals surface area contributed by atoms with Crippen LogP contribution in [0.25, 0.3) is 11.3 Å². The first-order chi connectivity index (χ1) is 9.75. The summed E-state index contributed by atoms with van der Waals surface area (Å²) >= 11 is 0. The predicted octanol–water partition coefficient (Wildman–Crippen LogP) is 1.53. The average molecular weight is 275 g/mol. The Morgan fingerprint density at radius 3 is 2.90 bits per heavy atom. The highest BCUT2D eigenvalue weighted by Gasteiger charge is 2.24. The van der Waals surface area contributed by atoms with Crippen molar-refractivity contribution in [2.24, 2.45) is 0 Å². The molecule has 0 radical (unpaired) electrons. The number of carbonyl (C=O) groups excluding carboxylic acids is 1. The molecule has 0 aliphatic carbocycles. The van der Waals surface area contributed by atoms with E-state index < -0.39 is 0 Å². The molecule has 6 heteroatoms. The standard InChI is InChI=1S/C14H14FN3O2/c15-11-3-1-2-10(8-11)13-12(9-17-20-13)14(19)18-6-4-16-5-7-18/h1-3,8-9,16H,4-7H2. The van der Waals surface area contributed by atoms with Gasteiger partial charge in [-0.15, -0.1) is 0 Å². The summed E-state index contributed by atoms with van der Waals surface area (Å²) in [5.41, 5.74) is 0.887. The van der Waals surface area contributed by atoms with Crippen LogP contribution in [0.15, 0.2) is 35.0 Å². The highest BCUT2D eigenvalue weighted by atomic mass is 19.1. The maximum Gasteiger partial charge on any atom is 0.259 e. The Morgan fingerprint density at radius 2 is 2.15 bits per heavy atom. The van der Waals surface area contributed by atoms with E-state index in [1.807, 2.05) is 0 Å². The lowest BCUT2D eigenvalue weighted by Gasteiger charge is -2.27. The zero-order valence-electron chi connectivity index (χ0n) is 10.8. The Labute approximate surface area is 115 Å². The molecule has 20 heavy (non-hydrogen) atoms. The largest absolute Gasteiger partial charge is 0.355 e. The van der Waals surface area contributed by atoms with Gasteiger partial charge in [-0.05, 0) is 12.1 Å². The van der Waals surface area contributed by atoms with Crippen LogP contribution in [-0.4, -0.2) is 42.1 Å². The SMILES string of the molecule is O=C(c1cnoc1-c1cccc(F)c1)N1CCNCC1. The Balaban J connectivity index is 1.91. The number of amides is 1. The van der Waals surface area contributed by atoms with Crippen LogP contribution >= 0.6 is 0 Å². The third-order valence-electron chi connectivity index (χ3n) is 3.29. The minimum atomic E-state index is -0.375. The van der Waals surface area contributed by atoms with Crippen molar-refractivity contribution < 1.29 is 13.7 Å². The number of benzene rings is 1. The smallest absolute Gasteiger partial charge is 0.259 e. The molecule has 3 rings (SSSR count). The Bertz CT molecular complexity index is 620. The fourth-order valence-electron chi connectivity index (χ4n) is 2.27. The zero-order valence-corrected chi connectivity index (χ0v) is 10.8. The Hall–Kier alpha value is -2.21. The third-order valence-corrected chi connectivity index (χ3v) is 3.29. The number of hydrogen-bond acceptors (Lipinski definition) is 4. The Morgan fingerprint density at radius 1 is 1.35 bits per heavy atom. The molecule has 2 heterocycles.